The normalized spacial score (nSPS) is 12.3. The van der Waals surface area contributed by atoms with Crippen molar-refractivity contribution in [2.75, 3.05) is 18.7 Å². The average molecular weight is 711 g/mol. The van der Waals surface area contributed by atoms with Crippen LogP contribution in [0.5, 0.6) is 0 Å². The first-order chi connectivity index (χ1) is 22.0. The molecule has 0 aliphatic carbocycles. The number of Topliss-reactive ketones (excluding diaryl/α,β-unsaturated/α-hetero) is 1. The van der Waals surface area contributed by atoms with Gasteiger partial charge in [-0.3, -0.25) is 9.69 Å². The Morgan fingerprint density at radius 1 is 1.04 bits per heavy atom. The van der Waals surface area contributed by atoms with E-state index in [0.717, 1.165) is 18.2 Å². The number of anilines is 1. The van der Waals surface area contributed by atoms with Crippen LogP contribution < -0.4 is 10.5 Å². The third-order valence-electron chi connectivity index (χ3n) is 6.38. The maximum atomic E-state index is 13.0. The van der Waals surface area contributed by atoms with Crippen molar-refractivity contribution >= 4 is 62.7 Å². The summed E-state index contributed by atoms with van der Waals surface area (Å²) in [6.07, 6.45) is 2.64. The fourth-order valence-electron chi connectivity index (χ4n) is 4.30. The van der Waals surface area contributed by atoms with Crippen LogP contribution in [0, 0.1) is 0 Å². The van der Waals surface area contributed by atoms with Crippen LogP contribution in [0.1, 0.15) is 54.2 Å². The molecule has 252 valence electrons. The molecule has 1 heterocycles. The van der Waals surface area contributed by atoms with Crippen LogP contribution in [0.3, 0.4) is 0 Å². The molecule has 0 aliphatic heterocycles. The van der Waals surface area contributed by atoms with Crippen LogP contribution in [0.25, 0.3) is 0 Å². The Labute approximate surface area is 281 Å². The van der Waals surface area contributed by atoms with Gasteiger partial charge in [-0.1, -0.05) is 35.3 Å². The second kappa shape index (κ2) is 16.0. The SMILES string of the molecule is CC(C(=O)c1cccc(Cl)c1)N(C(=O)OCOC(=O)/C=C/COC(=O)c1cc(S(N)(=O)=O)c(Cl)cc1NCc1ccco1)C(C)(C)C. The van der Waals surface area contributed by atoms with Crippen molar-refractivity contribution < 1.29 is 46.2 Å². The maximum absolute atomic E-state index is 13.0. The Balaban J connectivity index is 1.57. The van der Waals surface area contributed by atoms with Crippen LogP contribution in [0.15, 0.2) is 76.3 Å². The van der Waals surface area contributed by atoms with E-state index in [-0.39, 0.29) is 28.6 Å². The van der Waals surface area contributed by atoms with Crippen LogP contribution in [0.2, 0.25) is 10.0 Å². The molecule has 0 saturated carbocycles. The zero-order valence-electron chi connectivity index (χ0n) is 25.8. The van der Waals surface area contributed by atoms with Crippen molar-refractivity contribution in [2.45, 2.75) is 50.7 Å². The molecule has 0 fully saturated rings. The molecule has 1 amide bonds. The molecule has 1 unspecified atom stereocenters. The summed E-state index contributed by atoms with van der Waals surface area (Å²) >= 11 is 12.1. The minimum absolute atomic E-state index is 0.138. The number of ketones is 1. The summed E-state index contributed by atoms with van der Waals surface area (Å²) in [6, 6.07) is 10.9. The molecule has 0 radical (unpaired) electrons. The lowest BCUT2D eigenvalue weighted by molar-refractivity contribution is -0.146. The number of carbonyl (C=O) groups excluding carboxylic acids is 4. The third kappa shape index (κ3) is 10.6. The largest absolute Gasteiger partial charge is 0.467 e. The van der Waals surface area contributed by atoms with E-state index in [0.29, 0.717) is 16.3 Å². The molecule has 2 aromatic carbocycles. The number of benzene rings is 2. The van der Waals surface area contributed by atoms with Crippen molar-refractivity contribution in [2.24, 2.45) is 5.14 Å². The number of nitrogens with one attached hydrogen (secondary N) is 1. The molecule has 3 aromatic rings. The van der Waals surface area contributed by atoms with Crippen LogP contribution >= 0.6 is 23.2 Å². The van der Waals surface area contributed by atoms with Gasteiger partial charge in [0.2, 0.25) is 16.8 Å². The van der Waals surface area contributed by atoms with Gasteiger partial charge >= 0.3 is 18.0 Å². The molecule has 0 aliphatic rings. The highest BCUT2D eigenvalue weighted by Gasteiger charge is 2.36. The smallest absolute Gasteiger partial charge is 0.413 e. The molecule has 1 atom stereocenters. The van der Waals surface area contributed by atoms with E-state index < -0.39 is 57.9 Å². The summed E-state index contributed by atoms with van der Waals surface area (Å²) in [7, 11) is -4.27. The van der Waals surface area contributed by atoms with E-state index in [1.54, 1.807) is 58.0 Å². The van der Waals surface area contributed by atoms with Gasteiger partial charge in [-0.05, 0) is 70.2 Å². The summed E-state index contributed by atoms with van der Waals surface area (Å²) < 4.78 is 44.3. The van der Waals surface area contributed by atoms with Crippen molar-refractivity contribution in [3.05, 3.63) is 93.9 Å². The van der Waals surface area contributed by atoms with Crippen molar-refractivity contribution in [3.63, 3.8) is 0 Å². The van der Waals surface area contributed by atoms with Gasteiger partial charge in [0.05, 0.1) is 35.1 Å². The van der Waals surface area contributed by atoms with Gasteiger partial charge in [-0.25, -0.2) is 27.9 Å². The van der Waals surface area contributed by atoms with Gasteiger partial charge in [-0.2, -0.15) is 0 Å². The van der Waals surface area contributed by atoms with E-state index in [2.05, 4.69) is 5.32 Å². The highest BCUT2D eigenvalue weighted by atomic mass is 35.5. The maximum Gasteiger partial charge on any atom is 0.413 e. The lowest BCUT2D eigenvalue weighted by Crippen LogP contribution is -2.53. The number of hydrogen-bond donors (Lipinski definition) is 2. The number of ether oxygens (including phenoxy) is 3. The fourth-order valence-corrected chi connectivity index (χ4v) is 5.59. The second-order valence-corrected chi connectivity index (χ2v) is 13.3. The number of amides is 1. The second-order valence-electron chi connectivity index (χ2n) is 10.9. The minimum Gasteiger partial charge on any atom is -0.467 e. The molecule has 0 saturated heterocycles. The van der Waals surface area contributed by atoms with Gasteiger partial charge in [0.15, 0.2) is 5.78 Å². The van der Waals surface area contributed by atoms with Gasteiger partial charge in [0, 0.05) is 22.2 Å². The zero-order chi connectivity index (χ0) is 34.9. The monoisotopic (exact) mass is 709 g/mol. The van der Waals surface area contributed by atoms with Gasteiger partial charge in [0.1, 0.15) is 17.3 Å². The predicted molar refractivity (Wildman–Crippen MR) is 173 cm³/mol. The first kappa shape index (κ1) is 37.1. The van der Waals surface area contributed by atoms with Crippen molar-refractivity contribution in [3.8, 4) is 0 Å². The molecular formula is C31H33Cl2N3O10S. The molecule has 47 heavy (non-hydrogen) atoms. The number of esters is 2. The first-order valence-electron chi connectivity index (χ1n) is 13.9. The summed E-state index contributed by atoms with van der Waals surface area (Å²) in [5.41, 5.74) is -0.584. The number of sulfonamides is 1. The molecule has 3 N–H and O–H groups in total. The predicted octanol–water partition coefficient (Wildman–Crippen LogP) is 5.57. The lowest BCUT2D eigenvalue weighted by Gasteiger charge is -2.38. The Morgan fingerprint density at radius 2 is 1.77 bits per heavy atom. The summed E-state index contributed by atoms with van der Waals surface area (Å²) in [4.78, 5) is 51.7. The quantitative estimate of drug-likeness (QED) is 0.0979. The molecule has 1 aromatic heterocycles. The summed E-state index contributed by atoms with van der Waals surface area (Å²) in [6.45, 7) is 5.64. The van der Waals surface area contributed by atoms with E-state index in [9.17, 15) is 27.6 Å². The van der Waals surface area contributed by atoms with E-state index in [1.165, 1.54) is 23.3 Å². The van der Waals surface area contributed by atoms with E-state index in [1.807, 2.05) is 0 Å². The highest BCUT2D eigenvalue weighted by molar-refractivity contribution is 7.89. The first-order valence-corrected chi connectivity index (χ1v) is 16.2. The minimum atomic E-state index is -4.27. The number of nitrogens with two attached hydrogens (primary N) is 1. The van der Waals surface area contributed by atoms with Gasteiger partial charge in [0.25, 0.3) is 0 Å². The lowest BCUT2D eigenvalue weighted by atomic mass is 9.98. The molecular weight excluding hydrogens is 677 g/mol. The number of nitrogens with zero attached hydrogens (tertiary/aromatic N) is 1. The Kier molecular flexibility index (Phi) is 12.6. The number of halogens is 2. The van der Waals surface area contributed by atoms with Crippen molar-refractivity contribution in [1.29, 1.82) is 0 Å². The average Bonchev–Trinajstić information content (AvgIpc) is 3.50. The number of rotatable bonds is 13. The topological polar surface area (TPSA) is 185 Å². The Hall–Kier alpha value is -4.37. The Bertz CT molecular complexity index is 1750. The van der Waals surface area contributed by atoms with Crippen molar-refractivity contribution in [1.82, 2.24) is 4.90 Å². The number of furan rings is 1. The molecule has 3 rings (SSSR count). The molecule has 0 spiro atoms. The Morgan fingerprint density at radius 3 is 2.38 bits per heavy atom. The van der Waals surface area contributed by atoms with Crippen LogP contribution in [-0.4, -0.2) is 62.1 Å². The van der Waals surface area contributed by atoms with Crippen LogP contribution in [-0.2, 0) is 35.6 Å². The summed E-state index contributed by atoms with van der Waals surface area (Å²) in [5, 5.41) is 8.29. The zero-order valence-corrected chi connectivity index (χ0v) is 28.1. The number of hydrogen-bond acceptors (Lipinski definition) is 11. The highest BCUT2D eigenvalue weighted by Crippen LogP contribution is 2.29. The molecule has 13 nitrogen and oxygen atoms in total. The van der Waals surface area contributed by atoms with Gasteiger partial charge < -0.3 is 23.9 Å². The van der Waals surface area contributed by atoms with Crippen LogP contribution in [0.4, 0.5) is 10.5 Å². The number of primary sulfonamides is 1. The number of carbonyl (C=O) groups is 4. The van der Waals surface area contributed by atoms with E-state index in [4.69, 9.17) is 47.0 Å². The molecule has 16 heteroatoms. The molecule has 0 bridgehead atoms. The third-order valence-corrected chi connectivity index (χ3v) is 7.99. The fraction of sp³-hybridized carbons (Fsp3) is 0.290. The van der Waals surface area contributed by atoms with Gasteiger partial charge in [-0.15, -0.1) is 0 Å². The standard InChI is InChI=1S/C31H33Cl2N3O10S/c1-19(28(38)20-8-5-9-21(32)14-20)36(31(2,3)4)30(40)46-18-45-27(37)11-7-13-44-29(39)23-15-26(47(34,41)42)24(33)16-25(23)35-17-22-10-6-12-43-22/h5-12,14-16,19,35H,13,17-18H2,1-4H3,(H2,34,41,42)/b11-7+. The summed E-state index contributed by atoms with van der Waals surface area (Å²) in [5.74, 6) is -1.73. The van der Waals surface area contributed by atoms with E-state index >= 15 is 0 Å².